The van der Waals surface area contributed by atoms with Gasteiger partial charge in [0, 0.05) is 0 Å². The van der Waals surface area contributed by atoms with Gasteiger partial charge < -0.3 is 10.2 Å². The Kier molecular flexibility index (Phi) is 4.62. The van der Waals surface area contributed by atoms with Crippen molar-refractivity contribution in [3.05, 3.63) is 0 Å². The number of rotatable bonds is 2. The third-order valence-electron chi connectivity index (χ3n) is 6.41. The van der Waals surface area contributed by atoms with Gasteiger partial charge in [0.15, 0.2) is 0 Å². The molecule has 2 fully saturated rings. The highest BCUT2D eigenvalue weighted by Gasteiger charge is 2.43. The molecule has 0 heterocycles. The lowest BCUT2D eigenvalue weighted by Crippen LogP contribution is -2.42. The molecule has 2 N–H and O–H groups in total. The van der Waals surface area contributed by atoms with E-state index in [4.69, 9.17) is 0 Å². The Morgan fingerprint density at radius 2 is 1.11 bits per heavy atom. The highest BCUT2D eigenvalue weighted by Crippen LogP contribution is 2.49. The van der Waals surface area contributed by atoms with E-state index in [0.29, 0.717) is 23.7 Å². The Balaban J connectivity index is 2.01. The fourth-order valence-corrected chi connectivity index (χ4v) is 4.28. The van der Waals surface area contributed by atoms with E-state index in [1.807, 2.05) is 0 Å². The van der Waals surface area contributed by atoms with Gasteiger partial charge in [-0.1, -0.05) is 27.7 Å². The minimum Gasteiger partial charge on any atom is -0.393 e. The molecule has 2 saturated carbocycles. The van der Waals surface area contributed by atoms with E-state index in [1.165, 1.54) is 12.8 Å². The number of hydrogen-bond donors (Lipinski definition) is 2. The van der Waals surface area contributed by atoms with Crippen molar-refractivity contribution in [2.24, 2.45) is 29.1 Å². The van der Waals surface area contributed by atoms with Crippen LogP contribution >= 0.6 is 0 Å². The molecule has 0 aromatic carbocycles. The number of aliphatic hydroxyl groups is 2. The van der Waals surface area contributed by atoms with E-state index in [1.54, 1.807) is 0 Å². The average Bonchev–Trinajstić information content (AvgIpc) is 2.35. The van der Waals surface area contributed by atoms with Crippen LogP contribution in [0.15, 0.2) is 0 Å². The Morgan fingerprint density at radius 1 is 0.737 bits per heavy atom. The quantitative estimate of drug-likeness (QED) is 0.803. The van der Waals surface area contributed by atoms with Crippen molar-refractivity contribution in [3.8, 4) is 0 Å². The van der Waals surface area contributed by atoms with Gasteiger partial charge in [-0.05, 0) is 67.6 Å². The maximum Gasteiger partial charge on any atom is 0.0568 e. The Labute approximate surface area is 118 Å². The molecule has 19 heavy (non-hydrogen) atoms. The second-order valence-corrected chi connectivity index (χ2v) is 7.93. The highest BCUT2D eigenvalue weighted by atomic mass is 16.3. The summed E-state index contributed by atoms with van der Waals surface area (Å²) < 4.78 is 0. The van der Waals surface area contributed by atoms with Crippen molar-refractivity contribution in [3.63, 3.8) is 0 Å². The van der Waals surface area contributed by atoms with Gasteiger partial charge in [0.25, 0.3) is 0 Å². The zero-order chi connectivity index (χ0) is 14.2. The van der Waals surface area contributed by atoms with Crippen LogP contribution in [0.3, 0.4) is 0 Å². The molecule has 112 valence electrons. The molecule has 0 aliphatic heterocycles. The molecule has 2 rings (SSSR count). The van der Waals surface area contributed by atoms with Crippen LogP contribution in [0.25, 0.3) is 0 Å². The molecule has 0 bridgehead atoms. The summed E-state index contributed by atoms with van der Waals surface area (Å²) in [5.74, 6) is 2.15. The summed E-state index contributed by atoms with van der Waals surface area (Å²) in [5, 5.41) is 20.3. The van der Waals surface area contributed by atoms with E-state index in [9.17, 15) is 10.2 Å². The minimum atomic E-state index is -0.120. The van der Waals surface area contributed by atoms with Gasteiger partial charge in [-0.15, -0.1) is 0 Å². The first-order valence-corrected chi connectivity index (χ1v) is 8.18. The molecule has 2 aliphatic carbocycles. The van der Waals surface area contributed by atoms with Crippen molar-refractivity contribution >= 4 is 0 Å². The molecule has 6 atom stereocenters. The molecule has 0 spiro atoms. The molecule has 6 unspecified atom stereocenters. The lowest BCUT2D eigenvalue weighted by Gasteiger charge is -2.48. The zero-order valence-corrected chi connectivity index (χ0v) is 13.1. The Morgan fingerprint density at radius 3 is 1.42 bits per heavy atom. The lowest BCUT2D eigenvalue weighted by molar-refractivity contribution is -0.0424. The molecule has 2 aliphatic rings. The highest BCUT2D eigenvalue weighted by molar-refractivity contribution is 4.93. The summed E-state index contributed by atoms with van der Waals surface area (Å²) in [7, 11) is 0. The second-order valence-electron chi connectivity index (χ2n) is 7.93. The van der Waals surface area contributed by atoms with E-state index in [0.717, 1.165) is 25.7 Å². The summed E-state index contributed by atoms with van der Waals surface area (Å²) in [5.41, 5.74) is 0.252. The molecule has 0 aromatic rings. The molecule has 2 nitrogen and oxygen atoms in total. The lowest BCUT2D eigenvalue weighted by atomic mass is 9.58. The van der Waals surface area contributed by atoms with E-state index in [2.05, 4.69) is 27.7 Å². The van der Waals surface area contributed by atoms with Gasteiger partial charge in [0.1, 0.15) is 0 Å². The normalized spacial score (nSPS) is 45.2. The van der Waals surface area contributed by atoms with Crippen molar-refractivity contribution in [1.82, 2.24) is 0 Å². The maximum atomic E-state index is 10.2. The monoisotopic (exact) mass is 268 g/mol. The van der Waals surface area contributed by atoms with Crippen LogP contribution in [-0.4, -0.2) is 22.4 Å². The molecular formula is C17H32O2. The minimum absolute atomic E-state index is 0.120. The van der Waals surface area contributed by atoms with Gasteiger partial charge in [-0.25, -0.2) is 0 Å². The molecule has 0 aromatic heterocycles. The first-order chi connectivity index (χ1) is 8.82. The smallest absolute Gasteiger partial charge is 0.0568 e. The fraction of sp³-hybridized carbons (Fsp3) is 1.00. The SMILES string of the molecule is CC1CCC(C(C)(C)C2CCC(C)C(O)C2)CC1O. The van der Waals surface area contributed by atoms with Crippen LogP contribution in [0.5, 0.6) is 0 Å². The Bertz CT molecular complexity index is 272. The Hall–Kier alpha value is -0.0800. The van der Waals surface area contributed by atoms with Crippen LogP contribution < -0.4 is 0 Å². The summed E-state index contributed by atoms with van der Waals surface area (Å²) >= 11 is 0. The standard InChI is InChI=1S/C17H32O2/c1-11-5-7-13(9-15(11)18)17(3,4)14-8-6-12(2)16(19)10-14/h11-16,18-19H,5-10H2,1-4H3. The molecule has 0 radical (unpaired) electrons. The summed E-state index contributed by atoms with van der Waals surface area (Å²) in [6, 6.07) is 0. The van der Waals surface area contributed by atoms with Gasteiger partial charge in [0.2, 0.25) is 0 Å². The predicted molar refractivity (Wildman–Crippen MR) is 78.8 cm³/mol. The molecule has 0 amide bonds. The average molecular weight is 268 g/mol. The van der Waals surface area contributed by atoms with E-state index in [-0.39, 0.29) is 17.6 Å². The van der Waals surface area contributed by atoms with Crippen LogP contribution in [0, 0.1) is 29.1 Å². The van der Waals surface area contributed by atoms with Crippen molar-refractivity contribution in [1.29, 1.82) is 0 Å². The van der Waals surface area contributed by atoms with E-state index < -0.39 is 0 Å². The first-order valence-electron chi connectivity index (χ1n) is 8.18. The van der Waals surface area contributed by atoms with Gasteiger partial charge in [-0.2, -0.15) is 0 Å². The maximum absolute atomic E-state index is 10.2. The van der Waals surface area contributed by atoms with E-state index >= 15 is 0 Å². The number of aliphatic hydroxyl groups excluding tert-OH is 2. The summed E-state index contributed by atoms with van der Waals surface area (Å²) in [4.78, 5) is 0. The summed E-state index contributed by atoms with van der Waals surface area (Å²) in [6.45, 7) is 9.07. The third kappa shape index (κ3) is 3.16. The van der Waals surface area contributed by atoms with Crippen LogP contribution in [0.1, 0.15) is 66.2 Å². The van der Waals surface area contributed by atoms with Crippen molar-refractivity contribution < 1.29 is 10.2 Å². The fourth-order valence-electron chi connectivity index (χ4n) is 4.28. The van der Waals surface area contributed by atoms with Crippen molar-refractivity contribution in [2.75, 3.05) is 0 Å². The second kappa shape index (κ2) is 5.73. The van der Waals surface area contributed by atoms with Gasteiger partial charge >= 0.3 is 0 Å². The molecular weight excluding hydrogens is 236 g/mol. The van der Waals surface area contributed by atoms with Crippen LogP contribution in [-0.2, 0) is 0 Å². The number of hydrogen-bond acceptors (Lipinski definition) is 2. The van der Waals surface area contributed by atoms with Crippen LogP contribution in [0.2, 0.25) is 0 Å². The third-order valence-corrected chi connectivity index (χ3v) is 6.41. The summed E-state index contributed by atoms with van der Waals surface area (Å²) in [6.07, 6.45) is 6.46. The van der Waals surface area contributed by atoms with Gasteiger partial charge in [0.05, 0.1) is 12.2 Å². The topological polar surface area (TPSA) is 40.5 Å². The van der Waals surface area contributed by atoms with Gasteiger partial charge in [-0.3, -0.25) is 0 Å². The van der Waals surface area contributed by atoms with Crippen molar-refractivity contribution in [2.45, 2.75) is 78.4 Å². The first kappa shape index (κ1) is 15.3. The largest absolute Gasteiger partial charge is 0.393 e. The van der Waals surface area contributed by atoms with Crippen LogP contribution in [0.4, 0.5) is 0 Å². The zero-order valence-electron chi connectivity index (χ0n) is 13.1. The molecule has 0 saturated heterocycles. The predicted octanol–water partition coefficient (Wildman–Crippen LogP) is 3.61. The molecule has 2 heteroatoms.